The number of para-hydroxylation sites is 2. The molecular formula is C23H21N5O. The van der Waals surface area contributed by atoms with Gasteiger partial charge >= 0.3 is 0 Å². The number of nitrogens with zero attached hydrogens (tertiary/aromatic N) is 3. The Hall–Kier alpha value is -3.85. The zero-order chi connectivity index (χ0) is 20.4. The van der Waals surface area contributed by atoms with E-state index in [9.17, 15) is 5.26 Å². The van der Waals surface area contributed by atoms with Gasteiger partial charge in [-0.3, -0.25) is 0 Å². The minimum atomic E-state index is -0.0641. The fourth-order valence-corrected chi connectivity index (χ4v) is 3.16. The second kappa shape index (κ2) is 7.28. The number of pyridine rings is 1. The van der Waals surface area contributed by atoms with E-state index in [1.165, 1.54) is 0 Å². The second-order valence-corrected chi connectivity index (χ2v) is 7.73. The average Bonchev–Trinajstić information content (AvgIpc) is 3.11. The summed E-state index contributed by atoms with van der Waals surface area (Å²) < 4.78 is 6.19. The van der Waals surface area contributed by atoms with Crippen molar-refractivity contribution in [2.45, 2.75) is 26.2 Å². The number of rotatable bonds is 4. The molecule has 29 heavy (non-hydrogen) atoms. The molecule has 0 aliphatic heterocycles. The molecule has 0 saturated heterocycles. The third-order valence-electron chi connectivity index (χ3n) is 4.56. The maximum Gasteiger partial charge on any atom is 0.243 e. The number of aromatic amines is 1. The lowest BCUT2D eigenvalue weighted by atomic mass is 9.86. The molecule has 6 heteroatoms. The summed E-state index contributed by atoms with van der Waals surface area (Å²) in [6.45, 7) is 6.44. The molecule has 0 fully saturated rings. The van der Waals surface area contributed by atoms with E-state index >= 15 is 0 Å². The molecule has 0 spiro atoms. The molecule has 4 aromatic rings. The Balaban J connectivity index is 1.68. The molecule has 144 valence electrons. The molecule has 0 atom stereocenters. The van der Waals surface area contributed by atoms with Crippen LogP contribution < -0.4 is 10.1 Å². The van der Waals surface area contributed by atoms with Gasteiger partial charge in [-0.05, 0) is 35.7 Å². The van der Waals surface area contributed by atoms with Gasteiger partial charge in [0.2, 0.25) is 11.8 Å². The van der Waals surface area contributed by atoms with Crippen molar-refractivity contribution in [2.24, 2.45) is 0 Å². The number of hydrogen-bond acceptors (Lipinski definition) is 5. The Morgan fingerprint density at radius 1 is 1.03 bits per heavy atom. The van der Waals surface area contributed by atoms with E-state index in [2.05, 4.69) is 53.2 Å². The van der Waals surface area contributed by atoms with E-state index in [0.29, 0.717) is 28.6 Å². The molecule has 0 amide bonds. The number of nitriles is 1. The molecule has 4 rings (SSSR count). The van der Waals surface area contributed by atoms with E-state index in [-0.39, 0.29) is 5.41 Å². The second-order valence-electron chi connectivity index (χ2n) is 7.73. The lowest BCUT2D eigenvalue weighted by Crippen LogP contribution is -2.12. The first-order chi connectivity index (χ1) is 14.0. The van der Waals surface area contributed by atoms with Gasteiger partial charge in [0, 0.05) is 11.8 Å². The van der Waals surface area contributed by atoms with Crippen LogP contribution in [0.15, 0.2) is 60.8 Å². The highest BCUT2D eigenvalue weighted by Gasteiger charge is 2.20. The fraction of sp³-hybridized carbons (Fsp3) is 0.174. The standard InChI is InChI=1S/C23H21N5O/c1-23(2,3)16-9-4-5-12-19(16)29-21-18(11-7-13-25-21)27-22-26-17-10-6-8-15(14-24)20(17)28-22/h4-13H,1-3H3,(H2,26,27,28). The largest absolute Gasteiger partial charge is 0.437 e. The lowest BCUT2D eigenvalue weighted by Gasteiger charge is -2.22. The van der Waals surface area contributed by atoms with E-state index in [0.717, 1.165) is 16.8 Å². The number of aromatic nitrogens is 3. The SMILES string of the molecule is CC(C)(C)c1ccccc1Oc1ncccc1Nc1nc2c(C#N)cccc2[nH]1. The Kier molecular flexibility index (Phi) is 4.65. The Morgan fingerprint density at radius 2 is 1.86 bits per heavy atom. The van der Waals surface area contributed by atoms with Crippen LogP contribution >= 0.6 is 0 Å². The topological polar surface area (TPSA) is 86.6 Å². The quantitative estimate of drug-likeness (QED) is 0.475. The van der Waals surface area contributed by atoms with Gasteiger partial charge in [-0.15, -0.1) is 0 Å². The number of nitrogens with one attached hydrogen (secondary N) is 2. The van der Waals surface area contributed by atoms with Gasteiger partial charge in [0.15, 0.2) is 0 Å². The smallest absolute Gasteiger partial charge is 0.243 e. The Bertz CT molecular complexity index is 1210. The summed E-state index contributed by atoms with van der Waals surface area (Å²) in [5.74, 6) is 1.73. The van der Waals surface area contributed by atoms with Crippen molar-refractivity contribution in [1.82, 2.24) is 15.0 Å². The molecule has 6 nitrogen and oxygen atoms in total. The summed E-state index contributed by atoms with van der Waals surface area (Å²) in [7, 11) is 0. The summed E-state index contributed by atoms with van der Waals surface area (Å²) in [5, 5.41) is 12.5. The number of anilines is 2. The number of imidazole rings is 1. The lowest BCUT2D eigenvalue weighted by molar-refractivity contribution is 0.442. The normalized spacial score (nSPS) is 11.2. The maximum atomic E-state index is 9.28. The fourth-order valence-electron chi connectivity index (χ4n) is 3.16. The van der Waals surface area contributed by atoms with Crippen molar-refractivity contribution < 1.29 is 4.74 Å². The molecule has 0 bridgehead atoms. The van der Waals surface area contributed by atoms with Gasteiger partial charge in [0.25, 0.3) is 0 Å². The van der Waals surface area contributed by atoms with E-state index in [1.54, 1.807) is 12.3 Å². The van der Waals surface area contributed by atoms with Crippen LogP contribution in [0.4, 0.5) is 11.6 Å². The van der Waals surface area contributed by atoms with E-state index in [4.69, 9.17) is 4.74 Å². The van der Waals surface area contributed by atoms with E-state index in [1.807, 2.05) is 42.5 Å². The van der Waals surface area contributed by atoms with Crippen LogP contribution in [0, 0.1) is 11.3 Å². The molecule has 0 unspecified atom stereocenters. The predicted molar refractivity (Wildman–Crippen MR) is 114 cm³/mol. The molecule has 0 aliphatic rings. The van der Waals surface area contributed by atoms with Crippen LogP contribution in [0.25, 0.3) is 11.0 Å². The van der Waals surface area contributed by atoms with Crippen molar-refractivity contribution in [3.8, 4) is 17.7 Å². The van der Waals surface area contributed by atoms with Crippen LogP contribution in [-0.2, 0) is 5.41 Å². The first-order valence-electron chi connectivity index (χ1n) is 9.34. The molecule has 0 radical (unpaired) electrons. The summed E-state index contributed by atoms with van der Waals surface area (Å²) >= 11 is 0. The summed E-state index contributed by atoms with van der Waals surface area (Å²) in [5.41, 5.74) is 3.64. The molecule has 2 N–H and O–H groups in total. The van der Waals surface area contributed by atoms with Crippen molar-refractivity contribution in [3.63, 3.8) is 0 Å². The summed E-state index contributed by atoms with van der Waals surface area (Å²) in [6.07, 6.45) is 1.69. The number of benzene rings is 2. The first kappa shape index (κ1) is 18.5. The van der Waals surface area contributed by atoms with Crippen LogP contribution in [0.2, 0.25) is 0 Å². The van der Waals surface area contributed by atoms with Crippen molar-refractivity contribution >= 4 is 22.7 Å². The van der Waals surface area contributed by atoms with Crippen LogP contribution in [0.5, 0.6) is 11.6 Å². The molecule has 2 heterocycles. The minimum Gasteiger partial charge on any atom is -0.437 e. The maximum absolute atomic E-state index is 9.28. The monoisotopic (exact) mass is 383 g/mol. The average molecular weight is 383 g/mol. The van der Waals surface area contributed by atoms with Crippen molar-refractivity contribution in [3.05, 3.63) is 71.9 Å². The molecule has 2 aromatic carbocycles. The van der Waals surface area contributed by atoms with Crippen LogP contribution in [-0.4, -0.2) is 15.0 Å². The van der Waals surface area contributed by atoms with Gasteiger partial charge in [0.1, 0.15) is 23.0 Å². The summed E-state index contributed by atoms with van der Waals surface area (Å²) in [6, 6.07) is 19.3. The van der Waals surface area contributed by atoms with Crippen molar-refractivity contribution in [2.75, 3.05) is 5.32 Å². The third-order valence-corrected chi connectivity index (χ3v) is 4.56. The van der Waals surface area contributed by atoms with Crippen LogP contribution in [0.3, 0.4) is 0 Å². The number of hydrogen-bond donors (Lipinski definition) is 2. The van der Waals surface area contributed by atoms with Gasteiger partial charge in [0.05, 0.1) is 11.1 Å². The van der Waals surface area contributed by atoms with E-state index < -0.39 is 0 Å². The van der Waals surface area contributed by atoms with Crippen molar-refractivity contribution in [1.29, 1.82) is 5.26 Å². The number of ether oxygens (including phenoxy) is 1. The third kappa shape index (κ3) is 3.76. The minimum absolute atomic E-state index is 0.0641. The molecule has 2 aromatic heterocycles. The summed E-state index contributed by atoms with van der Waals surface area (Å²) in [4.78, 5) is 12.1. The number of fused-ring (bicyclic) bond motifs is 1. The zero-order valence-electron chi connectivity index (χ0n) is 16.5. The van der Waals surface area contributed by atoms with Gasteiger partial charge in [-0.2, -0.15) is 5.26 Å². The first-order valence-corrected chi connectivity index (χ1v) is 9.34. The highest BCUT2D eigenvalue weighted by atomic mass is 16.5. The Labute approximate surface area is 169 Å². The zero-order valence-corrected chi connectivity index (χ0v) is 16.5. The Morgan fingerprint density at radius 3 is 2.66 bits per heavy atom. The van der Waals surface area contributed by atoms with Gasteiger partial charge in [-0.25, -0.2) is 9.97 Å². The molecule has 0 aliphatic carbocycles. The molecule has 0 saturated carbocycles. The van der Waals surface area contributed by atoms with Gasteiger partial charge in [-0.1, -0.05) is 45.0 Å². The number of H-pyrrole nitrogens is 1. The highest BCUT2D eigenvalue weighted by Crippen LogP contribution is 2.36. The molecular weight excluding hydrogens is 362 g/mol. The van der Waals surface area contributed by atoms with Gasteiger partial charge < -0.3 is 15.0 Å². The van der Waals surface area contributed by atoms with Crippen LogP contribution in [0.1, 0.15) is 31.9 Å². The predicted octanol–water partition coefficient (Wildman–Crippen LogP) is 5.66. The highest BCUT2D eigenvalue weighted by molar-refractivity contribution is 5.84.